The summed E-state index contributed by atoms with van der Waals surface area (Å²) < 4.78 is 6.81. The Bertz CT molecular complexity index is 565. The molecular weight excluding hydrogens is 222 g/mol. The summed E-state index contributed by atoms with van der Waals surface area (Å²) in [7, 11) is 0. The number of carbonyl (C=O) groups is 1. The molecule has 2 aromatic rings. The molecule has 0 radical (unpaired) electrons. The van der Waals surface area contributed by atoms with Crippen LogP contribution in [0.15, 0.2) is 46.1 Å². The number of carbonyl (C=O) groups excluding carboxylic acids is 1. The molecule has 0 aliphatic heterocycles. The minimum atomic E-state index is -0.481. The van der Waals surface area contributed by atoms with Gasteiger partial charge in [0.05, 0.1) is 12.8 Å². The minimum Gasteiger partial charge on any atom is -0.459 e. The summed E-state index contributed by atoms with van der Waals surface area (Å²) in [4.78, 5) is 22.3. The van der Waals surface area contributed by atoms with Crippen molar-refractivity contribution in [3.63, 3.8) is 0 Å². The highest BCUT2D eigenvalue weighted by atomic mass is 16.3. The van der Waals surface area contributed by atoms with Crippen LogP contribution >= 0.6 is 0 Å². The van der Waals surface area contributed by atoms with Gasteiger partial charge in [-0.25, -0.2) is 5.84 Å². The summed E-state index contributed by atoms with van der Waals surface area (Å²) in [5.41, 5.74) is 2.64. The zero-order chi connectivity index (χ0) is 12.3. The van der Waals surface area contributed by atoms with Crippen LogP contribution in [0.4, 0.5) is 0 Å². The second kappa shape index (κ2) is 4.67. The molecule has 0 saturated heterocycles. The largest absolute Gasteiger partial charge is 0.459 e. The average molecular weight is 233 g/mol. The van der Waals surface area contributed by atoms with E-state index in [0.717, 1.165) is 0 Å². The number of nitrogens with two attached hydrogens (primary N) is 1. The Morgan fingerprint density at radius 3 is 2.71 bits per heavy atom. The summed E-state index contributed by atoms with van der Waals surface area (Å²) in [6.07, 6.45) is 4.70. The van der Waals surface area contributed by atoms with Crippen LogP contribution in [-0.2, 0) is 6.54 Å². The Kier molecular flexibility index (Phi) is 3.06. The van der Waals surface area contributed by atoms with E-state index in [9.17, 15) is 9.59 Å². The molecule has 17 heavy (non-hydrogen) atoms. The van der Waals surface area contributed by atoms with Crippen molar-refractivity contribution in [3.05, 3.63) is 58.4 Å². The molecule has 0 unspecified atom stereocenters. The van der Waals surface area contributed by atoms with Crippen LogP contribution in [0.3, 0.4) is 0 Å². The fraction of sp³-hybridized carbons (Fsp3) is 0.0909. The van der Waals surface area contributed by atoms with Crippen LogP contribution in [-0.4, -0.2) is 10.5 Å². The highest BCUT2D eigenvalue weighted by molar-refractivity contribution is 5.92. The number of aromatic nitrogens is 1. The van der Waals surface area contributed by atoms with E-state index < -0.39 is 5.91 Å². The first-order valence-corrected chi connectivity index (χ1v) is 4.94. The van der Waals surface area contributed by atoms with Crippen LogP contribution in [0, 0.1) is 0 Å². The molecule has 0 atom stereocenters. The van der Waals surface area contributed by atoms with Crippen molar-refractivity contribution >= 4 is 5.91 Å². The maximum Gasteiger partial charge on any atom is 0.301 e. The molecule has 0 spiro atoms. The molecule has 2 aromatic heterocycles. The number of pyridine rings is 1. The van der Waals surface area contributed by atoms with Crippen LogP contribution in [0.5, 0.6) is 0 Å². The van der Waals surface area contributed by atoms with Crippen molar-refractivity contribution in [1.29, 1.82) is 0 Å². The molecule has 0 aromatic carbocycles. The SMILES string of the molecule is NNC(=O)c1occc1Cn1ccc(=O)cc1. The first-order chi connectivity index (χ1) is 8.20. The highest BCUT2D eigenvalue weighted by Gasteiger charge is 2.13. The molecule has 88 valence electrons. The van der Waals surface area contributed by atoms with Crippen LogP contribution in [0.1, 0.15) is 16.1 Å². The van der Waals surface area contributed by atoms with Gasteiger partial charge in [-0.3, -0.25) is 15.0 Å². The smallest absolute Gasteiger partial charge is 0.301 e. The summed E-state index contributed by atoms with van der Waals surface area (Å²) in [5.74, 6) is 4.73. The van der Waals surface area contributed by atoms with E-state index in [-0.39, 0.29) is 11.2 Å². The van der Waals surface area contributed by atoms with Gasteiger partial charge in [-0.2, -0.15) is 0 Å². The predicted octanol–water partition coefficient (Wildman–Crippen LogP) is 0.0931. The van der Waals surface area contributed by atoms with Crippen molar-refractivity contribution in [2.45, 2.75) is 6.54 Å². The topological polar surface area (TPSA) is 90.3 Å². The van der Waals surface area contributed by atoms with Crippen LogP contribution < -0.4 is 16.7 Å². The Morgan fingerprint density at radius 1 is 1.35 bits per heavy atom. The van der Waals surface area contributed by atoms with Gasteiger partial charge in [-0.05, 0) is 6.07 Å². The number of nitrogen functional groups attached to an aromatic ring is 1. The predicted molar refractivity (Wildman–Crippen MR) is 60.2 cm³/mol. The first-order valence-electron chi connectivity index (χ1n) is 4.94. The molecule has 0 aliphatic rings. The Hall–Kier alpha value is -2.34. The van der Waals surface area contributed by atoms with E-state index in [4.69, 9.17) is 10.3 Å². The highest BCUT2D eigenvalue weighted by Crippen LogP contribution is 2.11. The lowest BCUT2D eigenvalue weighted by atomic mass is 10.2. The third-order valence-corrected chi connectivity index (χ3v) is 2.30. The van der Waals surface area contributed by atoms with Gasteiger partial charge in [0.2, 0.25) is 0 Å². The van der Waals surface area contributed by atoms with Crippen LogP contribution in [0.25, 0.3) is 0 Å². The van der Waals surface area contributed by atoms with Gasteiger partial charge >= 0.3 is 5.91 Å². The molecule has 6 heteroatoms. The number of rotatable bonds is 3. The molecule has 2 rings (SSSR count). The van der Waals surface area contributed by atoms with Crippen molar-refractivity contribution in [2.75, 3.05) is 0 Å². The molecule has 2 heterocycles. The summed E-state index contributed by atoms with van der Waals surface area (Å²) in [6.45, 7) is 0.430. The van der Waals surface area contributed by atoms with Crippen molar-refractivity contribution in [3.8, 4) is 0 Å². The molecule has 0 saturated carbocycles. The maximum absolute atomic E-state index is 11.4. The lowest BCUT2D eigenvalue weighted by Gasteiger charge is -2.05. The Morgan fingerprint density at radius 2 is 2.06 bits per heavy atom. The number of hydrazine groups is 1. The second-order valence-electron chi connectivity index (χ2n) is 3.45. The maximum atomic E-state index is 11.4. The number of furan rings is 1. The summed E-state index contributed by atoms with van der Waals surface area (Å²) >= 11 is 0. The minimum absolute atomic E-state index is 0.0617. The van der Waals surface area contributed by atoms with E-state index in [1.165, 1.54) is 18.4 Å². The number of hydrogen-bond acceptors (Lipinski definition) is 4. The van der Waals surface area contributed by atoms with Gasteiger partial charge in [-0.1, -0.05) is 0 Å². The number of hydrogen-bond donors (Lipinski definition) is 2. The molecule has 0 bridgehead atoms. The van der Waals surface area contributed by atoms with E-state index in [0.29, 0.717) is 12.1 Å². The number of amides is 1. The third kappa shape index (κ3) is 2.43. The fourth-order valence-corrected chi connectivity index (χ4v) is 1.47. The van der Waals surface area contributed by atoms with E-state index in [2.05, 4.69) is 0 Å². The molecule has 0 fully saturated rings. The van der Waals surface area contributed by atoms with Gasteiger partial charge < -0.3 is 8.98 Å². The van der Waals surface area contributed by atoms with Crippen LogP contribution in [0.2, 0.25) is 0 Å². The number of nitrogens with one attached hydrogen (secondary N) is 1. The molecule has 1 amide bonds. The normalized spacial score (nSPS) is 10.2. The quantitative estimate of drug-likeness (QED) is 0.446. The Balaban J connectivity index is 2.24. The van der Waals surface area contributed by atoms with Gasteiger partial charge in [0.1, 0.15) is 0 Å². The standard InChI is InChI=1S/C11H11N3O3/c12-13-11(16)10-8(3-6-17-10)7-14-4-1-9(15)2-5-14/h1-6H,7,12H2,(H,13,16). The van der Waals surface area contributed by atoms with Gasteiger partial charge in [0.25, 0.3) is 0 Å². The van der Waals surface area contributed by atoms with E-state index in [1.807, 2.05) is 5.43 Å². The lowest BCUT2D eigenvalue weighted by Crippen LogP contribution is -2.30. The molecular formula is C11H11N3O3. The molecule has 0 aliphatic carbocycles. The van der Waals surface area contributed by atoms with Crippen molar-refractivity contribution < 1.29 is 9.21 Å². The average Bonchev–Trinajstić information content (AvgIpc) is 2.79. The summed E-state index contributed by atoms with van der Waals surface area (Å²) in [6, 6.07) is 4.58. The number of nitrogens with zero attached hydrogens (tertiary/aromatic N) is 1. The third-order valence-electron chi connectivity index (χ3n) is 2.30. The van der Waals surface area contributed by atoms with Crippen molar-refractivity contribution in [1.82, 2.24) is 9.99 Å². The second-order valence-corrected chi connectivity index (χ2v) is 3.45. The first kappa shape index (κ1) is 11.2. The molecule has 3 N–H and O–H groups in total. The van der Waals surface area contributed by atoms with Crippen molar-refractivity contribution in [2.24, 2.45) is 5.84 Å². The summed E-state index contributed by atoms with van der Waals surface area (Å²) in [5, 5.41) is 0. The molecule has 6 nitrogen and oxygen atoms in total. The van der Waals surface area contributed by atoms with Gasteiger partial charge in [0, 0.05) is 30.1 Å². The zero-order valence-electron chi connectivity index (χ0n) is 8.92. The van der Waals surface area contributed by atoms with Gasteiger partial charge in [0.15, 0.2) is 11.2 Å². The Labute approximate surface area is 96.6 Å². The van der Waals surface area contributed by atoms with E-state index >= 15 is 0 Å². The van der Waals surface area contributed by atoms with E-state index in [1.54, 1.807) is 23.0 Å². The van der Waals surface area contributed by atoms with Gasteiger partial charge in [-0.15, -0.1) is 0 Å². The monoisotopic (exact) mass is 233 g/mol. The lowest BCUT2D eigenvalue weighted by molar-refractivity contribution is 0.0924. The fourth-order valence-electron chi connectivity index (χ4n) is 1.47. The zero-order valence-corrected chi connectivity index (χ0v) is 8.92.